The molecule has 0 unspecified atom stereocenters. The number of benzene rings is 1. The van der Waals surface area contributed by atoms with E-state index in [1.165, 1.54) is 6.20 Å². The van der Waals surface area contributed by atoms with Crippen molar-refractivity contribution < 1.29 is 17.3 Å². The summed E-state index contributed by atoms with van der Waals surface area (Å²) in [6, 6.07) is 3.03. The predicted molar refractivity (Wildman–Crippen MR) is 58.1 cm³/mol. The fraction of sp³-hybridized carbons (Fsp3) is 0. The molecule has 0 bridgehead atoms. The highest BCUT2D eigenvalue weighted by molar-refractivity contribution is 7.92. The highest BCUT2D eigenvalue weighted by Gasteiger charge is 2.18. The average molecular weight is 257 g/mol. The second-order valence-corrected chi connectivity index (χ2v) is 4.85. The minimum atomic E-state index is -3.87. The van der Waals surface area contributed by atoms with Gasteiger partial charge in [0.1, 0.15) is 22.7 Å². The predicted octanol–water partition coefficient (Wildman–Crippen LogP) is 1.20. The van der Waals surface area contributed by atoms with E-state index in [2.05, 4.69) is 14.4 Å². The molecule has 0 saturated carbocycles. The average Bonchev–Trinajstić information content (AvgIpc) is 2.68. The number of nitrogens with two attached hydrogens (primary N) is 1. The number of hydrogen-bond acceptors (Lipinski definition) is 5. The van der Waals surface area contributed by atoms with E-state index in [1.807, 2.05) is 0 Å². The standard InChI is InChI=1S/C9H8FN3O3S/c10-6-1-2-9(8(11)3-6)17(14,15)13-7-4-12-16-5-7/h1-5,13H,11H2. The number of nitrogen functional groups attached to an aromatic ring is 1. The Morgan fingerprint density at radius 1 is 1.41 bits per heavy atom. The van der Waals surface area contributed by atoms with E-state index in [1.54, 1.807) is 0 Å². The normalized spacial score (nSPS) is 11.4. The Kier molecular flexibility index (Phi) is 2.72. The van der Waals surface area contributed by atoms with Crippen LogP contribution in [0, 0.1) is 5.82 Å². The van der Waals surface area contributed by atoms with Gasteiger partial charge in [-0.25, -0.2) is 12.8 Å². The molecule has 0 saturated heterocycles. The molecular formula is C9H8FN3O3S. The molecule has 0 fully saturated rings. The van der Waals surface area contributed by atoms with Gasteiger partial charge in [0.2, 0.25) is 0 Å². The molecular weight excluding hydrogens is 249 g/mol. The van der Waals surface area contributed by atoms with Crippen LogP contribution in [0.3, 0.4) is 0 Å². The quantitative estimate of drug-likeness (QED) is 0.805. The first-order valence-corrected chi connectivity index (χ1v) is 5.94. The molecule has 0 atom stereocenters. The van der Waals surface area contributed by atoms with Gasteiger partial charge in [0.15, 0.2) is 0 Å². The molecule has 1 aromatic carbocycles. The number of anilines is 2. The molecule has 2 aromatic rings. The number of rotatable bonds is 3. The molecule has 0 aliphatic carbocycles. The smallest absolute Gasteiger partial charge is 0.264 e. The van der Waals surface area contributed by atoms with Crippen LogP contribution in [-0.4, -0.2) is 13.6 Å². The van der Waals surface area contributed by atoms with Gasteiger partial charge in [0.25, 0.3) is 10.0 Å². The fourth-order valence-corrected chi connectivity index (χ4v) is 2.37. The molecule has 90 valence electrons. The van der Waals surface area contributed by atoms with E-state index in [9.17, 15) is 12.8 Å². The van der Waals surface area contributed by atoms with E-state index >= 15 is 0 Å². The first kappa shape index (κ1) is 11.4. The van der Waals surface area contributed by atoms with Gasteiger partial charge in [-0.05, 0) is 18.2 Å². The van der Waals surface area contributed by atoms with Crippen LogP contribution in [-0.2, 0) is 10.0 Å². The van der Waals surface area contributed by atoms with Gasteiger partial charge in [-0.2, -0.15) is 0 Å². The molecule has 1 aromatic heterocycles. The van der Waals surface area contributed by atoms with Gasteiger partial charge in [0.05, 0.1) is 11.9 Å². The monoisotopic (exact) mass is 257 g/mol. The van der Waals surface area contributed by atoms with Gasteiger partial charge in [-0.1, -0.05) is 5.16 Å². The third kappa shape index (κ3) is 2.36. The summed E-state index contributed by atoms with van der Waals surface area (Å²) in [5, 5.41) is 3.34. The van der Waals surface area contributed by atoms with Crippen LogP contribution in [0.1, 0.15) is 0 Å². The Hall–Kier alpha value is -2.09. The topological polar surface area (TPSA) is 98.2 Å². The molecule has 3 N–H and O–H groups in total. The fourth-order valence-electron chi connectivity index (χ4n) is 1.23. The molecule has 0 aliphatic rings. The van der Waals surface area contributed by atoms with Crippen molar-refractivity contribution in [3.8, 4) is 0 Å². The third-order valence-electron chi connectivity index (χ3n) is 1.95. The Balaban J connectivity index is 2.38. The van der Waals surface area contributed by atoms with Gasteiger partial charge < -0.3 is 10.3 Å². The summed E-state index contributed by atoms with van der Waals surface area (Å²) in [5.41, 5.74) is 5.43. The summed E-state index contributed by atoms with van der Waals surface area (Å²) in [6.07, 6.45) is 2.31. The Morgan fingerprint density at radius 2 is 2.18 bits per heavy atom. The van der Waals surface area contributed by atoms with E-state index in [0.717, 1.165) is 24.5 Å². The van der Waals surface area contributed by atoms with E-state index in [0.29, 0.717) is 0 Å². The highest BCUT2D eigenvalue weighted by Crippen LogP contribution is 2.21. The maximum absolute atomic E-state index is 12.8. The summed E-state index contributed by atoms with van der Waals surface area (Å²) in [4.78, 5) is -0.208. The summed E-state index contributed by atoms with van der Waals surface area (Å²) in [7, 11) is -3.87. The maximum atomic E-state index is 12.8. The van der Waals surface area contributed by atoms with Crippen molar-refractivity contribution in [2.24, 2.45) is 0 Å². The largest absolute Gasteiger partial charge is 0.398 e. The zero-order valence-corrected chi connectivity index (χ0v) is 9.24. The zero-order chi connectivity index (χ0) is 12.5. The number of halogens is 1. The SMILES string of the molecule is Nc1cc(F)ccc1S(=O)(=O)Nc1cnoc1. The lowest BCUT2D eigenvalue weighted by molar-refractivity contribution is 0.420. The number of sulfonamides is 1. The van der Waals surface area contributed by atoms with Crippen molar-refractivity contribution in [2.75, 3.05) is 10.5 Å². The van der Waals surface area contributed by atoms with Crippen LogP contribution in [0.2, 0.25) is 0 Å². The second kappa shape index (κ2) is 4.06. The Bertz CT molecular complexity index is 625. The minimum Gasteiger partial charge on any atom is -0.398 e. The van der Waals surface area contributed by atoms with Crippen molar-refractivity contribution in [2.45, 2.75) is 4.90 Å². The minimum absolute atomic E-state index is 0.161. The summed E-state index contributed by atoms with van der Waals surface area (Å²) < 4.78 is 43.2. The van der Waals surface area contributed by atoms with Crippen LogP contribution < -0.4 is 10.5 Å². The van der Waals surface area contributed by atoms with Crippen molar-refractivity contribution in [3.05, 3.63) is 36.5 Å². The first-order valence-electron chi connectivity index (χ1n) is 4.46. The van der Waals surface area contributed by atoms with Crippen LogP contribution in [0.4, 0.5) is 15.8 Å². The first-order chi connectivity index (χ1) is 7.99. The lowest BCUT2D eigenvalue weighted by atomic mass is 10.3. The molecule has 0 amide bonds. The van der Waals surface area contributed by atoms with Gasteiger partial charge >= 0.3 is 0 Å². The number of hydrogen-bond donors (Lipinski definition) is 2. The van der Waals surface area contributed by atoms with Gasteiger partial charge in [-0.3, -0.25) is 4.72 Å². The van der Waals surface area contributed by atoms with E-state index in [4.69, 9.17) is 5.73 Å². The van der Waals surface area contributed by atoms with Crippen molar-refractivity contribution in [1.29, 1.82) is 0 Å². The van der Waals surface area contributed by atoms with E-state index < -0.39 is 15.8 Å². The maximum Gasteiger partial charge on any atom is 0.264 e. The second-order valence-electron chi connectivity index (χ2n) is 3.20. The Labute approximate surface area is 96.3 Å². The number of nitrogens with zero attached hydrogens (tertiary/aromatic N) is 1. The van der Waals surface area contributed by atoms with Crippen molar-refractivity contribution >= 4 is 21.4 Å². The third-order valence-corrected chi connectivity index (χ3v) is 3.40. The van der Waals surface area contributed by atoms with Gasteiger partial charge in [0, 0.05) is 0 Å². The lowest BCUT2D eigenvalue weighted by Gasteiger charge is -2.07. The van der Waals surface area contributed by atoms with E-state index in [-0.39, 0.29) is 16.3 Å². The zero-order valence-electron chi connectivity index (χ0n) is 8.42. The molecule has 0 spiro atoms. The van der Waals surface area contributed by atoms with Crippen LogP contribution in [0.5, 0.6) is 0 Å². The molecule has 1 heterocycles. The summed E-state index contributed by atoms with van der Waals surface area (Å²) in [6.45, 7) is 0. The van der Waals surface area contributed by atoms with Gasteiger partial charge in [-0.15, -0.1) is 0 Å². The Morgan fingerprint density at radius 3 is 2.76 bits per heavy atom. The number of nitrogens with one attached hydrogen (secondary N) is 1. The number of aromatic nitrogens is 1. The lowest BCUT2D eigenvalue weighted by Crippen LogP contribution is -2.14. The van der Waals surface area contributed by atoms with Crippen LogP contribution in [0.15, 0.2) is 40.1 Å². The summed E-state index contributed by atoms with van der Waals surface area (Å²) >= 11 is 0. The van der Waals surface area contributed by atoms with Crippen molar-refractivity contribution in [1.82, 2.24) is 5.16 Å². The van der Waals surface area contributed by atoms with Crippen molar-refractivity contribution in [3.63, 3.8) is 0 Å². The molecule has 6 nitrogen and oxygen atoms in total. The molecule has 0 radical (unpaired) electrons. The molecule has 8 heteroatoms. The van der Waals surface area contributed by atoms with Crippen LogP contribution in [0.25, 0.3) is 0 Å². The molecule has 0 aliphatic heterocycles. The molecule has 2 rings (SSSR count). The highest BCUT2D eigenvalue weighted by atomic mass is 32.2. The summed E-state index contributed by atoms with van der Waals surface area (Å²) in [5.74, 6) is -0.605. The van der Waals surface area contributed by atoms with Crippen LogP contribution >= 0.6 is 0 Å². The molecule has 17 heavy (non-hydrogen) atoms.